The number of rotatable bonds is 5. The Labute approximate surface area is 173 Å². The molecule has 0 bridgehead atoms. The van der Waals surface area contributed by atoms with Crippen LogP contribution in [0.1, 0.15) is 31.7 Å². The van der Waals surface area contributed by atoms with Crippen molar-refractivity contribution in [2.75, 3.05) is 19.6 Å². The van der Waals surface area contributed by atoms with Crippen LogP contribution < -0.4 is 10.6 Å². The molecular weight excluding hydrogens is 394 g/mol. The zero-order chi connectivity index (χ0) is 21.4. The van der Waals surface area contributed by atoms with Gasteiger partial charge in [-0.3, -0.25) is 19.3 Å². The lowest BCUT2D eigenvalue weighted by molar-refractivity contribution is -0.136. The molecule has 162 valence electrons. The lowest BCUT2D eigenvalue weighted by Gasteiger charge is -2.25. The number of halogens is 2. The highest BCUT2D eigenvalue weighted by Gasteiger charge is 2.43. The standard InChI is InChI=1S/C21H26F2N4O3/c1-12(28)24-15-7-16-10-26(8-13-2-5-17(22)18(23)6-13)11-19(21(30)27(16)9-15)25-20(29)14-3-4-14/h2,5-6,14-16,19H,3-4,7-11H2,1H3,(H,24,28)(H,25,29)/t15-,16-,19-/m0/s1. The van der Waals surface area contributed by atoms with E-state index in [1.54, 1.807) is 4.90 Å². The highest BCUT2D eigenvalue weighted by Crippen LogP contribution is 2.30. The first kappa shape index (κ1) is 20.7. The van der Waals surface area contributed by atoms with Gasteiger partial charge in [-0.15, -0.1) is 0 Å². The first-order valence-electron chi connectivity index (χ1n) is 10.3. The van der Waals surface area contributed by atoms with Crippen molar-refractivity contribution < 1.29 is 23.2 Å². The number of nitrogens with zero attached hydrogens (tertiary/aromatic N) is 2. The van der Waals surface area contributed by atoms with Crippen molar-refractivity contribution in [3.8, 4) is 0 Å². The van der Waals surface area contributed by atoms with Gasteiger partial charge in [0, 0.05) is 51.1 Å². The number of benzene rings is 1. The zero-order valence-corrected chi connectivity index (χ0v) is 16.9. The van der Waals surface area contributed by atoms with Gasteiger partial charge in [-0.05, 0) is 37.0 Å². The summed E-state index contributed by atoms with van der Waals surface area (Å²) >= 11 is 0. The van der Waals surface area contributed by atoms with Crippen LogP contribution in [0.5, 0.6) is 0 Å². The Bertz CT molecular complexity index is 861. The van der Waals surface area contributed by atoms with Crippen molar-refractivity contribution in [2.24, 2.45) is 5.92 Å². The quantitative estimate of drug-likeness (QED) is 0.738. The summed E-state index contributed by atoms with van der Waals surface area (Å²) in [5, 5.41) is 5.75. The predicted octanol–water partition coefficient (Wildman–Crippen LogP) is 0.781. The molecule has 1 aromatic rings. The van der Waals surface area contributed by atoms with Crippen LogP contribution in [0.3, 0.4) is 0 Å². The Hall–Kier alpha value is -2.55. The van der Waals surface area contributed by atoms with Crippen LogP contribution in [0.4, 0.5) is 8.78 Å². The number of carbonyl (C=O) groups is 3. The molecule has 7 nitrogen and oxygen atoms in total. The fourth-order valence-corrected chi connectivity index (χ4v) is 4.43. The maximum Gasteiger partial charge on any atom is 0.246 e. The Kier molecular flexibility index (Phi) is 5.73. The molecule has 30 heavy (non-hydrogen) atoms. The van der Waals surface area contributed by atoms with E-state index in [4.69, 9.17) is 0 Å². The van der Waals surface area contributed by atoms with Gasteiger partial charge in [-0.1, -0.05) is 6.07 Å². The maximum atomic E-state index is 13.7. The first-order chi connectivity index (χ1) is 14.3. The summed E-state index contributed by atoms with van der Waals surface area (Å²) in [6.07, 6.45) is 2.29. The number of amides is 3. The normalized spacial score (nSPS) is 26.8. The van der Waals surface area contributed by atoms with E-state index in [0.29, 0.717) is 38.2 Å². The summed E-state index contributed by atoms with van der Waals surface area (Å²) in [5.74, 6) is -2.26. The molecule has 3 amide bonds. The summed E-state index contributed by atoms with van der Waals surface area (Å²) in [6.45, 7) is 3.00. The molecule has 0 unspecified atom stereocenters. The van der Waals surface area contributed by atoms with Gasteiger partial charge in [0.25, 0.3) is 0 Å². The molecule has 4 rings (SSSR count). The molecule has 2 heterocycles. The monoisotopic (exact) mass is 420 g/mol. The van der Waals surface area contributed by atoms with Crippen molar-refractivity contribution in [3.05, 3.63) is 35.4 Å². The lowest BCUT2D eigenvalue weighted by atomic mass is 10.1. The third kappa shape index (κ3) is 4.61. The summed E-state index contributed by atoms with van der Waals surface area (Å²) in [4.78, 5) is 40.7. The molecular formula is C21H26F2N4O3. The van der Waals surface area contributed by atoms with Crippen molar-refractivity contribution >= 4 is 17.7 Å². The van der Waals surface area contributed by atoms with Crippen molar-refractivity contribution in [2.45, 2.75) is 50.9 Å². The predicted molar refractivity (Wildman–Crippen MR) is 104 cm³/mol. The number of carbonyl (C=O) groups excluding carboxylic acids is 3. The summed E-state index contributed by atoms with van der Waals surface area (Å²) in [7, 11) is 0. The highest BCUT2D eigenvalue weighted by atomic mass is 19.2. The molecule has 1 saturated carbocycles. The second-order valence-corrected chi connectivity index (χ2v) is 8.56. The largest absolute Gasteiger partial charge is 0.352 e. The van der Waals surface area contributed by atoms with Crippen molar-refractivity contribution in [1.82, 2.24) is 20.4 Å². The third-order valence-electron chi connectivity index (χ3n) is 5.97. The lowest BCUT2D eigenvalue weighted by Crippen LogP contribution is -2.52. The summed E-state index contributed by atoms with van der Waals surface area (Å²) < 4.78 is 26.9. The SMILES string of the molecule is CC(=O)N[C@H]1C[C@H]2CN(Cc3ccc(F)c(F)c3)C[C@H](NC(=O)C3CC3)C(=O)N2C1. The van der Waals surface area contributed by atoms with E-state index >= 15 is 0 Å². The van der Waals surface area contributed by atoms with Crippen LogP contribution >= 0.6 is 0 Å². The van der Waals surface area contributed by atoms with E-state index in [2.05, 4.69) is 10.6 Å². The van der Waals surface area contributed by atoms with Crippen LogP contribution in [0.25, 0.3) is 0 Å². The molecule has 2 N–H and O–H groups in total. The van der Waals surface area contributed by atoms with Gasteiger partial charge < -0.3 is 15.5 Å². The van der Waals surface area contributed by atoms with E-state index < -0.39 is 17.7 Å². The topological polar surface area (TPSA) is 81.8 Å². The van der Waals surface area contributed by atoms with Gasteiger partial charge in [0.15, 0.2) is 11.6 Å². The van der Waals surface area contributed by atoms with E-state index in [9.17, 15) is 23.2 Å². The van der Waals surface area contributed by atoms with E-state index in [0.717, 1.165) is 25.0 Å². The third-order valence-corrected chi connectivity index (χ3v) is 5.97. The second-order valence-electron chi connectivity index (χ2n) is 8.56. The Balaban J connectivity index is 1.53. The number of nitrogens with one attached hydrogen (secondary N) is 2. The minimum Gasteiger partial charge on any atom is -0.352 e. The Morgan fingerprint density at radius 1 is 1.10 bits per heavy atom. The number of fused-ring (bicyclic) bond motifs is 1. The average molecular weight is 420 g/mol. The maximum absolute atomic E-state index is 13.7. The fourth-order valence-electron chi connectivity index (χ4n) is 4.43. The summed E-state index contributed by atoms with van der Waals surface area (Å²) in [5.41, 5.74) is 0.596. The van der Waals surface area contributed by atoms with Crippen molar-refractivity contribution in [3.63, 3.8) is 0 Å². The van der Waals surface area contributed by atoms with Crippen LogP contribution in [0, 0.1) is 17.6 Å². The molecule has 1 aliphatic carbocycles. The van der Waals surface area contributed by atoms with Gasteiger partial charge in [-0.2, -0.15) is 0 Å². The van der Waals surface area contributed by atoms with E-state index in [-0.39, 0.29) is 35.7 Å². The molecule has 2 aliphatic heterocycles. The molecule has 3 fully saturated rings. The van der Waals surface area contributed by atoms with E-state index in [1.165, 1.54) is 13.0 Å². The molecule has 0 aromatic heterocycles. The molecule has 9 heteroatoms. The summed E-state index contributed by atoms with van der Waals surface area (Å²) in [6, 6.07) is 2.81. The average Bonchev–Trinajstić information content (AvgIpc) is 3.46. The highest BCUT2D eigenvalue weighted by molar-refractivity contribution is 5.90. The molecule has 3 aliphatic rings. The zero-order valence-electron chi connectivity index (χ0n) is 16.9. The van der Waals surface area contributed by atoms with Crippen LogP contribution in [0.15, 0.2) is 18.2 Å². The van der Waals surface area contributed by atoms with Gasteiger partial charge in [-0.25, -0.2) is 8.78 Å². The molecule has 3 atom stereocenters. The fraction of sp³-hybridized carbons (Fsp3) is 0.571. The van der Waals surface area contributed by atoms with Crippen LogP contribution in [0.2, 0.25) is 0 Å². The minimum absolute atomic E-state index is 0.0257. The number of hydrogen-bond acceptors (Lipinski definition) is 4. The Morgan fingerprint density at radius 2 is 1.87 bits per heavy atom. The molecule has 0 spiro atoms. The van der Waals surface area contributed by atoms with Crippen molar-refractivity contribution in [1.29, 1.82) is 0 Å². The second kappa shape index (κ2) is 8.29. The van der Waals surface area contributed by atoms with Crippen LogP contribution in [-0.4, -0.2) is 65.3 Å². The van der Waals surface area contributed by atoms with Gasteiger partial charge in [0.1, 0.15) is 6.04 Å². The van der Waals surface area contributed by atoms with Gasteiger partial charge in [0.05, 0.1) is 0 Å². The molecule has 1 aromatic carbocycles. The van der Waals surface area contributed by atoms with Gasteiger partial charge >= 0.3 is 0 Å². The Morgan fingerprint density at radius 3 is 2.53 bits per heavy atom. The van der Waals surface area contributed by atoms with E-state index in [1.807, 2.05) is 4.90 Å². The smallest absolute Gasteiger partial charge is 0.246 e. The van der Waals surface area contributed by atoms with Crippen LogP contribution in [-0.2, 0) is 20.9 Å². The molecule has 2 saturated heterocycles. The van der Waals surface area contributed by atoms with Gasteiger partial charge in [0.2, 0.25) is 17.7 Å². The first-order valence-corrected chi connectivity index (χ1v) is 10.3. The molecule has 0 radical (unpaired) electrons. The number of hydrogen-bond donors (Lipinski definition) is 2. The minimum atomic E-state index is -0.912.